The van der Waals surface area contributed by atoms with E-state index in [4.69, 9.17) is 18.5 Å². The third kappa shape index (κ3) is 56.1. The number of allylic oxidation sites excluding steroid dienone is 2. The number of phosphoric ester groups is 1. The molecule has 0 saturated carbocycles. The molecule has 10 heteroatoms. The molecule has 0 radical (unpaired) electrons. The Kier molecular flexibility index (Phi) is 51.7. The SMILES string of the molecule is CCCCCC/C=C\CCCCCCCC(=O)OC(COC(=O)CCCCCCCCCCCCCCCCCCCCCCCCCCCCCCCCCCC)COP(=O)(O)OCC[N+](C)(C)C. The normalized spacial score (nSPS) is 13.3. The molecule has 0 spiro atoms. The van der Waals surface area contributed by atoms with Crippen molar-refractivity contribution in [3.05, 3.63) is 12.2 Å². The number of carbonyl (C=O) groups excluding carboxylic acids is 2. The molecule has 0 aromatic rings. The van der Waals surface area contributed by atoms with E-state index < -0.39 is 26.5 Å². The Balaban J connectivity index is 3.91. The van der Waals surface area contributed by atoms with Gasteiger partial charge in [-0.1, -0.05) is 270 Å². The molecule has 2 unspecified atom stereocenters. The number of hydrogen-bond acceptors (Lipinski definition) is 7. The van der Waals surface area contributed by atoms with Crippen molar-refractivity contribution in [2.24, 2.45) is 0 Å². The van der Waals surface area contributed by atoms with Crippen LogP contribution in [-0.4, -0.2) is 74.9 Å². The molecule has 70 heavy (non-hydrogen) atoms. The van der Waals surface area contributed by atoms with Gasteiger partial charge in [-0.15, -0.1) is 0 Å². The molecular weight excluding hydrogens is 894 g/mol. The molecule has 0 aromatic heterocycles. The molecule has 0 aromatic carbocycles. The number of hydrogen-bond donors (Lipinski definition) is 1. The minimum Gasteiger partial charge on any atom is -0.462 e. The highest BCUT2D eigenvalue weighted by Gasteiger charge is 2.27. The number of quaternary nitrogens is 1. The average molecular weight is 1010 g/mol. The van der Waals surface area contributed by atoms with Crippen LogP contribution >= 0.6 is 7.82 Å². The Labute approximate surface area is 435 Å². The van der Waals surface area contributed by atoms with E-state index in [-0.39, 0.29) is 25.6 Å². The molecule has 0 heterocycles. The molecule has 9 nitrogen and oxygen atoms in total. The second-order valence-corrected chi connectivity index (χ2v) is 23.6. The summed E-state index contributed by atoms with van der Waals surface area (Å²) in [6, 6.07) is 0. The minimum atomic E-state index is -4.38. The van der Waals surface area contributed by atoms with Crippen LogP contribution in [0.15, 0.2) is 12.2 Å². The zero-order valence-electron chi connectivity index (χ0n) is 47.3. The van der Waals surface area contributed by atoms with Crippen molar-refractivity contribution in [1.29, 1.82) is 0 Å². The number of phosphoric acid groups is 1. The molecular formula is C60H119NO8P+. The number of rotatable bonds is 57. The number of unbranched alkanes of at least 4 members (excludes halogenated alkanes) is 41. The van der Waals surface area contributed by atoms with Gasteiger partial charge in [0.1, 0.15) is 19.8 Å². The molecule has 0 aliphatic carbocycles. The summed E-state index contributed by atoms with van der Waals surface area (Å²) in [5.74, 6) is -0.791. The summed E-state index contributed by atoms with van der Waals surface area (Å²) < 4.78 is 34.5. The molecule has 0 aliphatic rings. The lowest BCUT2D eigenvalue weighted by atomic mass is 10.0. The van der Waals surface area contributed by atoms with Gasteiger partial charge in [0.25, 0.3) is 0 Å². The van der Waals surface area contributed by atoms with Crippen LogP contribution < -0.4 is 0 Å². The van der Waals surface area contributed by atoms with Crippen molar-refractivity contribution in [2.45, 2.75) is 315 Å². The van der Waals surface area contributed by atoms with Crippen LogP contribution in [0.25, 0.3) is 0 Å². The van der Waals surface area contributed by atoms with Gasteiger partial charge < -0.3 is 18.9 Å². The zero-order chi connectivity index (χ0) is 51.3. The summed E-state index contributed by atoms with van der Waals surface area (Å²) in [6.45, 7) is 4.46. The van der Waals surface area contributed by atoms with E-state index in [9.17, 15) is 19.0 Å². The first kappa shape index (κ1) is 68.8. The van der Waals surface area contributed by atoms with Crippen LogP contribution in [-0.2, 0) is 32.7 Å². The molecule has 0 rings (SSSR count). The smallest absolute Gasteiger partial charge is 0.462 e. The quantitative estimate of drug-likeness (QED) is 0.0211. The molecule has 0 saturated heterocycles. The van der Waals surface area contributed by atoms with E-state index >= 15 is 0 Å². The first-order valence-electron chi connectivity index (χ1n) is 30.4. The van der Waals surface area contributed by atoms with Gasteiger partial charge in [0, 0.05) is 12.8 Å². The van der Waals surface area contributed by atoms with E-state index in [0.29, 0.717) is 23.9 Å². The van der Waals surface area contributed by atoms with Crippen molar-refractivity contribution in [1.82, 2.24) is 0 Å². The first-order chi connectivity index (χ1) is 34.0. The van der Waals surface area contributed by atoms with Crippen LogP contribution in [0.5, 0.6) is 0 Å². The van der Waals surface area contributed by atoms with Gasteiger partial charge in [-0.3, -0.25) is 18.6 Å². The summed E-state index contributed by atoms with van der Waals surface area (Å²) in [5.41, 5.74) is 0. The fourth-order valence-electron chi connectivity index (χ4n) is 9.07. The van der Waals surface area contributed by atoms with E-state index in [2.05, 4.69) is 26.0 Å². The standard InChI is InChI=1S/C60H118NO8P/c1-6-8-10-12-14-16-18-20-21-22-23-24-25-26-27-28-29-30-31-32-33-34-35-36-37-38-39-41-42-44-46-48-50-52-59(62)66-56-58(57-68-70(64,65)67-55-54-61(3,4)5)69-60(63)53-51-49-47-45-43-40-19-17-15-13-11-9-7-2/h17,19,58H,6-16,18,20-57H2,1-5H3/p+1/b19-17-. The second-order valence-electron chi connectivity index (χ2n) is 22.1. The van der Waals surface area contributed by atoms with E-state index in [0.717, 1.165) is 51.4 Å². The molecule has 1 N–H and O–H groups in total. The third-order valence-electron chi connectivity index (χ3n) is 13.8. The van der Waals surface area contributed by atoms with Crippen LogP contribution in [0.3, 0.4) is 0 Å². The Bertz CT molecular complexity index is 1190. The van der Waals surface area contributed by atoms with E-state index in [1.807, 2.05) is 21.1 Å². The van der Waals surface area contributed by atoms with Crippen LogP contribution in [0.2, 0.25) is 0 Å². The average Bonchev–Trinajstić information content (AvgIpc) is 3.32. The molecule has 0 amide bonds. The summed E-state index contributed by atoms with van der Waals surface area (Å²) in [6.07, 6.45) is 61.7. The predicted octanol–water partition coefficient (Wildman–Crippen LogP) is 18.8. The molecule has 0 fully saturated rings. The van der Waals surface area contributed by atoms with E-state index in [1.54, 1.807) is 0 Å². The molecule has 416 valence electrons. The number of likely N-dealkylation sites (N-methyl/N-ethyl adjacent to an activating group) is 1. The minimum absolute atomic E-state index is 0.0335. The molecule has 0 aliphatic heterocycles. The lowest BCUT2D eigenvalue weighted by Crippen LogP contribution is -2.37. The largest absolute Gasteiger partial charge is 0.472 e. The molecule has 2 atom stereocenters. The fraction of sp³-hybridized carbons (Fsp3) is 0.933. The van der Waals surface area contributed by atoms with Crippen molar-refractivity contribution < 1.29 is 42.1 Å². The van der Waals surface area contributed by atoms with Crippen molar-refractivity contribution >= 4 is 19.8 Å². The van der Waals surface area contributed by atoms with Crippen molar-refractivity contribution in [3.63, 3.8) is 0 Å². The number of ether oxygens (including phenoxy) is 2. The third-order valence-corrected chi connectivity index (χ3v) is 14.8. The first-order valence-corrected chi connectivity index (χ1v) is 31.9. The van der Waals surface area contributed by atoms with Gasteiger partial charge in [-0.25, -0.2) is 4.57 Å². The summed E-state index contributed by atoms with van der Waals surface area (Å²) in [4.78, 5) is 35.6. The number of carbonyl (C=O) groups is 2. The maximum Gasteiger partial charge on any atom is 0.472 e. The van der Waals surface area contributed by atoms with Crippen LogP contribution in [0, 0.1) is 0 Å². The summed E-state index contributed by atoms with van der Waals surface area (Å²) in [7, 11) is 1.49. The number of nitrogens with zero attached hydrogens (tertiary/aromatic N) is 1. The summed E-state index contributed by atoms with van der Waals surface area (Å²) >= 11 is 0. The maximum absolute atomic E-state index is 12.7. The lowest BCUT2D eigenvalue weighted by molar-refractivity contribution is -0.870. The van der Waals surface area contributed by atoms with Gasteiger partial charge in [0.15, 0.2) is 6.10 Å². The highest BCUT2D eigenvalue weighted by atomic mass is 31.2. The molecule has 0 bridgehead atoms. The van der Waals surface area contributed by atoms with Gasteiger partial charge >= 0.3 is 19.8 Å². The van der Waals surface area contributed by atoms with Gasteiger partial charge in [0.05, 0.1) is 27.7 Å². The zero-order valence-corrected chi connectivity index (χ0v) is 48.2. The van der Waals surface area contributed by atoms with Gasteiger partial charge in [0.2, 0.25) is 0 Å². The Morgan fingerprint density at radius 1 is 0.429 bits per heavy atom. The van der Waals surface area contributed by atoms with Crippen LogP contribution in [0.1, 0.15) is 309 Å². The Morgan fingerprint density at radius 2 is 0.729 bits per heavy atom. The lowest BCUT2D eigenvalue weighted by Gasteiger charge is -2.24. The fourth-order valence-corrected chi connectivity index (χ4v) is 9.81. The Morgan fingerprint density at radius 3 is 1.07 bits per heavy atom. The predicted molar refractivity (Wildman–Crippen MR) is 298 cm³/mol. The van der Waals surface area contributed by atoms with Gasteiger partial charge in [-0.2, -0.15) is 0 Å². The Hall–Kier alpha value is -1.25. The van der Waals surface area contributed by atoms with Crippen molar-refractivity contribution in [2.75, 3.05) is 47.5 Å². The summed E-state index contributed by atoms with van der Waals surface area (Å²) in [5, 5.41) is 0. The van der Waals surface area contributed by atoms with Crippen molar-refractivity contribution in [3.8, 4) is 0 Å². The second kappa shape index (κ2) is 52.6. The van der Waals surface area contributed by atoms with Crippen LogP contribution in [0.4, 0.5) is 0 Å². The maximum atomic E-state index is 12.7. The highest BCUT2D eigenvalue weighted by molar-refractivity contribution is 7.47. The van der Waals surface area contributed by atoms with Gasteiger partial charge in [-0.05, 0) is 38.5 Å². The monoisotopic (exact) mass is 1010 g/mol. The number of esters is 2. The highest BCUT2D eigenvalue weighted by Crippen LogP contribution is 2.43. The van der Waals surface area contributed by atoms with E-state index in [1.165, 1.54) is 225 Å². The topological polar surface area (TPSA) is 108 Å².